The number of para-hydroxylation sites is 1. The molecule has 4 heterocycles. The van der Waals surface area contributed by atoms with Crippen molar-refractivity contribution >= 4 is 62.0 Å². The van der Waals surface area contributed by atoms with Crippen molar-refractivity contribution in [1.82, 2.24) is 19.3 Å². The largest absolute Gasteiger partial charge is 0.379 e. The Labute approximate surface area is 237 Å². The number of thiazole rings is 1. The second-order valence-corrected chi connectivity index (χ2v) is 11.0. The number of fused-ring (bicyclic) bond motifs is 1. The normalized spacial score (nSPS) is 14.0. The molecule has 3 aromatic heterocycles. The molecule has 192 valence electrons. The molecule has 8 nitrogen and oxygen atoms in total. The van der Waals surface area contributed by atoms with Crippen molar-refractivity contribution < 1.29 is 9.53 Å². The molecule has 1 saturated heterocycles. The third-order valence-corrected chi connectivity index (χ3v) is 8.07. The number of nitrogens with one attached hydrogen (secondary N) is 2. The first-order valence-corrected chi connectivity index (χ1v) is 14.2. The molecular weight excluding hydrogens is 611 g/mol. The Morgan fingerprint density at radius 3 is 2.71 bits per heavy atom. The Morgan fingerprint density at radius 1 is 1.08 bits per heavy atom. The average Bonchev–Trinajstić information content (AvgIpc) is 3.57. The van der Waals surface area contributed by atoms with Gasteiger partial charge in [-0.3, -0.25) is 14.1 Å². The number of amides is 1. The monoisotopic (exact) mass is 636 g/mol. The Morgan fingerprint density at radius 2 is 1.89 bits per heavy atom. The fraction of sp³-hybridized carbons (Fsp3) is 0.179. The second-order valence-electron chi connectivity index (χ2n) is 8.97. The van der Waals surface area contributed by atoms with Crippen molar-refractivity contribution in [2.24, 2.45) is 0 Å². The van der Waals surface area contributed by atoms with E-state index in [1.54, 1.807) is 12.1 Å². The molecule has 38 heavy (non-hydrogen) atoms. The minimum absolute atomic E-state index is 0.141. The zero-order valence-corrected chi connectivity index (χ0v) is 23.4. The van der Waals surface area contributed by atoms with Gasteiger partial charge in [0.15, 0.2) is 5.13 Å². The zero-order chi connectivity index (χ0) is 25.9. The Hall–Kier alpha value is -3.32. The van der Waals surface area contributed by atoms with Crippen LogP contribution in [0, 0.1) is 3.57 Å². The average molecular weight is 637 g/mol. The molecule has 1 aliphatic rings. The van der Waals surface area contributed by atoms with E-state index in [4.69, 9.17) is 9.72 Å². The van der Waals surface area contributed by atoms with E-state index in [9.17, 15) is 4.79 Å². The highest BCUT2D eigenvalue weighted by atomic mass is 127. The van der Waals surface area contributed by atoms with Gasteiger partial charge in [-0.25, -0.2) is 9.97 Å². The summed E-state index contributed by atoms with van der Waals surface area (Å²) in [5.74, 6) is -0.141. The maximum atomic E-state index is 12.6. The van der Waals surface area contributed by atoms with E-state index in [0.717, 1.165) is 70.0 Å². The molecular formula is C28H25IN6O2S. The minimum atomic E-state index is -0.141. The summed E-state index contributed by atoms with van der Waals surface area (Å²) in [4.78, 5) is 24.5. The molecule has 1 amide bonds. The van der Waals surface area contributed by atoms with Crippen LogP contribution < -0.4 is 10.6 Å². The summed E-state index contributed by atoms with van der Waals surface area (Å²) < 4.78 is 8.52. The number of benzene rings is 2. The van der Waals surface area contributed by atoms with Gasteiger partial charge in [0, 0.05) is 46.0 Å². The van der Waals surface area contributed by atoms with Crippen LogP contribution in [-0.4, -0.2) is 51.5 Å². The highest BCUT2D eigenvalue weighted by Gasteiger charge is 2.14. The lowest BCUT2D eigenvalue weighted by atomic mass is 10.2. The SMILES string of the molecule is O=C(Nc1ccccc1I)c1ccc(Nc2nc(-c3cnc4cc(CN5CCOCC5)ccn34)cs2)cc1. The Bertz CT molecular complexity index is 1580. The van der Waals surface area contributed by atoms with E-state index < -0.39 is 0 Å². The molecule has 6 rings (SSSR count). The summed E-state index contributed by atoms with van der Waals surface area (Å²) in [6.07, 6.45) is 3.94. The van der Waals surface area contributed by atoms with Crippen LogP contribution in [0.4, 0.5) is 16.5 Å². The number of halogens is 1. The number of aromatic nitrogens is 3. The molecule has 1 fully saturated rings. The van der Waals surface area contributed by atoms with Crippen molar-refractivity contribution in [1.29, 1.82) is 0 Å². The number of anilines is 3. The van der Waals surface area contributed by atoms with E-state index in [0.29, 0.717) is 5.56 Å². The quantitative estimate of drug-likeness (QED) is 0.217. The highest BCUT2D eigenvalue weighted by molar-refractivity contribution is 14.1. The van der Waals surface area contributed by atoms with E-state index in [1.165, 1.54) is 16.9 Å². The van der Waals surface area contributed by atoms with Gasteiger partial charge in [-0.1, -0.05) is 12.1 Å². The van der Waals surface area contributed by atoms with Crippen molar-refractivity contribution in [3.8, 4) is 11.4 Å². The molecule has 0 unspecified atom stereocenters. The number of hydrogen-bond donors (Lipinski definition) is 2. The predicted octanol–water partition coefficient (Wildman–Crippen LogP) is 5.89. The van der Waals surface area contributed by atoms with Gasteiger partial charge in [-0.15, -0.1) is 11.3 Å². The van der Waals surface area contributed by atoms with Gasteiger partial charge < -0.3 is 15.4 Å². The fourth-order valence-corrected chi connectivity index (χ4v) is 5.61. The molecule has 0 saturated carbocycles. The first-order valence-electron chi connectivity index (χ1n) is 12.3. The number of pyridine rings is 1. The molecule has 1 aliphatic heterocycles. The van der Waals surface area contributed by atoms with Gasteiger partial charge in [0.1, 0.15) is 11.3 Å². The minimum Gasteiger partial charge on any atom is -0.379 e. The van der Waals surface area contributed by atoms with Crippen molar-refractivity contribution in [2.45, 2.75) is 6.54 Å². The van der Waals surface area contributed by atoms with Crippen LogP contribution in [0.25, 0.3) is 17.0 Å². The second kappa shape index (κ2) is 11.2. The Balaban J connectivity index is 1.12. The fourth-order valence-electron chi connectivity index (χ4n) is 4.36. The lowest BCUT2D eigenvalue weighted by Gasteiger charge is -2.26. The van der Waals surface area contributed by atoms with Gasteiger partial charge >= 0.3 is 0 Å². The number of morpholine rings is 1. The van der Waals surface area contributed by atoms with Crippen LogP contribution in [0.1, 0.15) is 15.9 Å². The summed E-state index contributed by atoms with van der Waals surface area (Å²) in [5, 5.41) is 9.10. The van der Waals surface area contributed by atoms with Crippen LogP contribution in [0.2, 0.25) is 0 Å². The van der Waals surface area contributed by atoms with E-state index in [1.807, 2.05) is 48.0 Å². The Kier molecular flexibility index (Phi) is 7.36. The summed E-state index contributed by atoms with van der Waals surface area (Å²) in [7, 11) is 0. The molecule has 0 atom stereocenters. The smallest absolute Gasteiger partial charge is 0.255 e. The number of carbonyl (C=O) groups is 1. The zero-order valence-electron chi connectivity index (χ0n) is 20.4. The first kappa shape index (κ1) is 25.0. The summed E-state index contributed by atoms with van der Waals surface area (Å²) in [6, 6.07) is 19.4. The van der Waals surface area contributed by atoms with Crippen LogP contribution in [0.3, 0.4) is 0 Å². The number of rotatable bonds is 7. The van der Waals surface area contributed by atoms with Gasteiger partial charge in [0.2, 0.25) is 0 Å². The van der Waals surface area contributed by atoms with Crippen molar-refractivity contribution in [3.05, 3.63) is 93.1 Å². The topological polar surface area (TPSA) is 83.8 Å². The van der Waals surface area contributed by atoms with Crippen LogP contribution in [0.15, 0.2) is 78.4 Å². The summed E-state index contributed by atoms with van der Waals surface area (Å²) >= 11 is 3.74. The van der Waals surface area contributed by atoms with Gasteiger partial charge in [0.25, 0.3) is 5.91 Å². The third-order valence-electron chi connectivity index (χ3n) is 6.37. The van der Waals surface area contributed by atoms with Crippen LogP contribution in [0.5, 0.6) is 0 Å². The van der Waals surface area contributed by atoms with Crippen LogP contribution in [-0.2, 0) is 11.3 Å². The molecule has 2 aromatic carbocycles. The summed E-state index contributed by atoms with van der Waals surface area (Å²) in [6.45, 7) is 4.41. The standard InChI is InChI=1S/C28H25IN6O2S/c29-22-3-1-2-4-23(22)32-27(36)20-5-7-21(8-6-20)31-28-33-24(18-38-28)25-16-30-26-15-19(9-10-35(25)26)17-34-11-13-37-14-12-34/h1-10,15-16,18H,11-14,17H2,(H,31,33)(H,32,36). The maximum Gasteiger partial charge on any atom is 0.255 e. The highest BCUT2D eigenvalue weighted by Crippen LogP contribution is 2.28. The molecule has 0 aliphatic carbocycles. The lowest BCUT2D eigenvalue weighted by molar-refractivity contribution is 0.0342. The number of imidazole rings is 1. The van der Waals surface area contributed by atoms with Crippen molar-refractivity contribution in [2.75, 3.05) is 36.9 Å². The molecule has 10 heteroatoms. The van der Waals surface area contributed by atoms with E-state index >= 15 is 0 Å². The predicted molar refractivity (Wildman–Crippen MR) is 159 cm³/mol. The number of hydrogen-bond acceptors (Lipinski definition) is 7. The number of nitrogens with zero attached hydrogens (tertiary/aromatic N) is 4. The van der Waals surface area contributed by atoms with Gasteiger partial charge in [0.05, 0.1) is 30.8 Å². The van der Waals surface area contributed by atoms with E-state index in [2.05, 4.69) is 65.8 Å². The number of carbonyl (C=O) groups excluding carboxylic acids is 1. The molecule has 0 radical (unpaired) electrons. The van der Waals surface area contributed by atoms with Gasteiger partial charge in [-0.2, -0.15) is 0 Å². The lowest BCUT2D eigenvalue weighted by Crippen LogP contribution is -2.35. The van der Waals surface area contributed by atoms with Crippen molar-refractivity contribution in [3.63, 3.8) is 0 Å². The molecule has 0 bridgehead atoms. The molecule has 5 aromatic rings. The first-order chi connectivity index (χ1) is 18.6. The van der Waals surface area contributed by atoms with Crippen LogP contribution >= 0.6 is 33.9 Å². The number of ether oxygens (including phenoxy) is 1. The molecule has 0 spiro atoms. The molecule has 2 N–H and O–H groups in total. The maximum absolute atomic E-state index is 12.6. The van der Waals surface area contributed by atoms with E-state index in [-0.39, 0.29) is 5.91 Å². The van der Waals surface area contributed by atoms with Gasteiger partial charge in [-0.05, 0) is 76.7 Å². The third kappa shape index (κ3) is 5.58. The summed E-state index contributed by atoms with van der Waals surface area (Å²) in [5.41, 5.74) is 6.22.